The molecule has 0 aromatic heterocycles. The van der Waals surface area contributed by atoms with E-state index in [0.29, 0.717) is 5.25 Å². The number of hydrogen-bond donors (Lipinski definition) is 1. The molecule has 1 unspecified atom stereocenters. The number of hydrogen-bond acceptors (Lipinski definition) is 2. The molecule has 0 amide bonds. The van der Waals surface area contributed by atoms with Crippen LogP contribution in [0.25, 0.3) is 0 Å². The Morgan fingerprint density at radius 2 is 2.00 bits per heavy atom. The zero-order chi connectivity index (χ0) is 11.4. The topological polar surface area (TPSA) is 26.0 Å². The molecule has 0 fully saturated rings. The van der Waals surface area contributed by atoms with Crippen molar-refractivity contribution >= 4 is 11.8 Å². The smallest absolute Gasteiger partial charge is 0.137 e. The van der Waals surface area contributed by atoms with Crippen LogP contribution >= 0.6 is 11.8 Å². The van der Waals surface area contributed by atoms with E-state index >= 15 is 0 Å². The molecule has 0 aliphatic carbocycles. The van der Waals surface area contributed by atoms with Crippen LogP contribution in [0.5, 0.6) is 0 Å². The quantitative estimate of drug-likeness (QED) is 0.799. The molecule has 0 saturated carbocycles. The predicted molar refractivity (Wildman–Crippen MR) is 64.7 cm³/mol. The summed E-state index contributed by atoms with van der Waals surface area (Å²) in [6.07, 6.45) is 0.726. The van der Waals surface area contributed by atoms with Crippen LogP contribution in [-0.4, -0.2) is 11.3 Å². The summed E-state index contributed by atoms with van der Waals surface area (Å²) in [5.74, 6) is -0.133. The van der Waals surface area contributed by atoms with Crippen LogP contribution in [0.4, 0.5) is 4.39 Å². The summed E-state index contributed by atoms with van der Waals surface area (Å²) >= 11 is 1.55. The average Bonchev–Trinajstić information content (AvgIpc) is 2.08. The lowest BCUT2D eigenvalue weighted by atomic mass is 10.1. The highest BCUT2D eigenvalue weighted by Gasteiger charge is 2.07. The van der Waals surface area contributed by atoms with Gasteiger partial charge in [0.05, 0.1) is 0 Å². The van der Waals surface area contributed by atoms with E-state index in [1.165, 1.54) is 0 Å². The molecular formula is C12H18FNS. The highest BCUT2D eigenvalue weighted by Crippen LogP contribution is 2.26. The van der Waals surface area contributed by atoms with Gasteiger partial charge in [-0.25, -0.2) is 4.39 Å². The number of nitrogens with two attached hydrogens (primary N) is 1. The maximum absolute atomic E-state index is 13.6. The number of thioether (sulfide) groups is 1. The third kappa shape index (κ3) is 4.22. The summed E-state index contributed by atoms with van der Waals surface area (Å²) < 4.78 is 13.6. The van der Waals surface area contributed by atoms with E-state index in [-0.39, 0.29) is 11.9 Å². The van der Waals surface area contributed by atoms with Gasteiger partial charge in [0.2, 0.25) is 0 Å². The van der Waals surface area contributed by atoms with Crippen molar-refractivity contribution in [3.05, 3.63) is 29.6 Å². The first-order chi connectivity index (χ1) is 6.99. The molecule has 3 heteroatoms. The maximum Gasteiger partial charge on any atom is 0.137 e. The van der Waals surface area contributed by atoms with E-state index in [2.05, 4.69) is 13.8 Å². The third-order valence-corrected chi connectivity index (χ3v) is 2.97. The van der Waals surface area contributed by atoms with Crippen molar-refractivity contribution in [2.75, 3.05) is 0 Å². The van der Waals surface area contributed by atoms with Gasteiger partial charge in [-0.3, -0.25) is 0 Å². The fourth-order valence-corrected chi connectivity index (χ4v) is 2.22. The van der Waals surface area contributed by atoms with Crippen molar-refractivity contribution in [1.82, 2.24) is 0 Å². The van der Waals surface area contributed by atoms with Crippen LogP contribution in [0.15, 0.2) is 23.1 Å². The Morgan fingerprint density at radius 3 is 2.47 bits per heavy atom. The molecule has 1 rings (SSSR count). The van der Waals surface area contributed by atoms with Gasteiger partial charge >= 0.3 is 0 Å². The minimum absolute atomic E-state index is 0.0769. The van der Waals surface area contributed by atoms with E-state index < -0.39 is 0 Å². The number of halogens is 1. The molecular weight excluding hydrogens is 209 g/mol. The standard InChI is InChI=1S/C12H18FNS/c1-8(2)15-12-5-4-10(6-9(3)14)7-11(12)13/h4-5,7-9H,6,14H2,1-3H3. The largest absolute Gasteiger partial charge is 0.328 e. The second-order valence-electron chi connectivity index (χ2n) is 4.11. The Bertz CT molecular complexity index is 323. The van der Waals surface area contributed by atoms with Crippen LogP contribution in [0.3, 0.4) is 0 Å². The summed E-state index contributed by atoms with van der Waals surface area (Å²) in [5, 5.41) is 0.402. The SMILES string of the molecule is CC(N)Cc1ccc(SC(C)C)c(F)c1. The Labute approximate surface area is 95.2 Å². The molecule has 1 aromatic rings. The van der Waals surface area contributed by atoms with Crippen molar-refractivity contribution in [1.29, 1.82) is 0 Å². The monoisotopic (exact) mass is 227 g/mol. The van der Waals surface area contributed by atoms with Crippen LogP contribution in [0.1, 0.15) is 26.3 Å². The molecule has 1 nitrogen and oxygen atoms in total. The lowest BCUT2D eigenvalue weighted by Gasteiger charge is -2.09. The second-order valence-corrected chi connectivity index (χ2v) is 5.73. The van der Waals surface area contributed by atoms with Gasteiger partial charge < -0.3 is 5.73 Å². The van der Waals surface area contributed by atoms with Gasteiger partial charge in [0, 0.05) is 16.2 Å². The minimum Gasteiger partial charge on any atom is -0.328 e. The Morgan fingerprint density at radius 1 is 1.33 bits per heavy atom. The summed E-state index contributed by atoms with van der Waals surface area (Å²) in [6.45, 7) is 6.04. The normalized spacial score (nSPS) is 13.2. The van der Waals surface area contributed by atoms with Gasteiger partial charge in [-0.05, 0) is 31.0 Å². The predicted octanol–water partition coefficient (Wildman–Crippen LogP) is 3.22. The van der Waals surface area contributed by atoms with E-state index in [1.54, 1.807) is 17.8 Å². The second kappa shape index (κ2) is 5.52. The molecule has 0 spiro atoms. The molecule has 2 N–H and O–H groups in total. The Hall–Kier alpha value is -0.540. The average molecular weight is 227 g/mol. The van der Waals surface area contributed by atoms with Crippen LogP contribution in [-0.2, 0) is 6.42 Å². The molecule has 0 aliphatic rings. The van der Waals surface area contributed by atoms with E-state index in [1.807, 2.05) is 19.1 Å². The van der Waals surface area contributed by atoms with Crippen LogP contribution in [0.2, 0.25) is 0 Å². The molecule has 0 saturated heterocycles. The number of rotatable bonds is 4. The van der Waals surface area contributed by atoms with Gasteiger partial charge in [-0.1, -0.05) is 19.9 Å². The first kappa shape index (κ1) is 12.5. The Balaban J connectivity index is 2.78. The van der Waals surface area contributed by atoms with E-state index in [4.69, 9.17) is 5.73 Å². The van der Waals surface area contributed by atoms with Gasteiger partial charge in [0.15, 0.2) is 0 Å². The van der Waals surface area contributed by atoms with Crippen LogP contribution < -0.4 is 5.73 Å². The molecule has 1 atom stereocenters. The zero-order valence-electron chi connectivity index (χ0n) is 9.46. The molecule has 15 heavy (non-hydrogen) atoms. The van der Waals surface area contributed by atoms with Gasteiger partial charge in [0.25, 0.3) is 0 Å². The molecule has 0 bridgehead atoms. The summed E-state index contributed by atoms with van der Waals surface area (Å²) in [4.78, 5) is 0.721. The molecule has 0 aliphatic heterocycles. The molecule has 0 radical (unpaired) electrons. The maximum atomic E-state index is 13.6. The molecule has 84 valence electrons. The van der Waals surface area contributed by atoms with Crippen molar-refractivity contribution in [3.8, 4) is 0 Å². The first-order valence-corrected chi connectivity index (χ1v) is 6.07. The molecule has 1 aromatic carbocycles. The van der Waals surface area contributed by atoms with Gasteiger partial charge in [-0.15, -0.1) is 11.8 Å². The summed E-state index contributed by atoms with van der Waals surface area (Å²) in [5.41, 5.74) is 6.63. The van der Waals surface area contributed by atoms with Gasteiger partial charge in [0.1, 0.15) is 5.82 Å². The summed E-state index contributed by atoms with van der Waals surface area (Å²) in [7, 11) is 0. The van der Waals surface area contributed by atoms with E-state index in [0.717, 1.165) is 16.9 Å². The van der Waals surface area contributed by atoms with E-state index in [9.17, 15) is 4.39 Å². The lowest BCUT2D eigenvalue weighted by molar-refractivity contribution is 0.597. The first-order valence-electron chi connectivity index (χ1n) is 5.19. The summed E-state index contributed by atoms with van der Waals surface area (Å²) in [6, 6.07) is 5.47. The number of benzene rings is 1. The zero-order valence-corrected chi connectivity index (χ0v) is 10.3. The highest BCUT2D eigenvalue weighted by atomic mass is 32.2. The highest BCUT2D eigenvalue weighted by molar-refractivity contribution is 7.99. The minimum atomic E-state index is -0.133. The van der Waals surface area contributed by atoms with Gasteiger partial charge in [-0.2, -0.15) is 0 Å². The fraction of sp³-hybridized carbons (Fsp3) is 0.500. The van der Waals surface area contributed by atoms with Crippen molar-refractivity contribution < 1.29 is 4.39 Å². The van der Waals surface area contributed by atoms with Crippen molar-refractivity contribution in [2.24, 2.45) is 5.73 Å². The Kier molecular flexibility index (Phi) is 4.61. The van der Waals surface area contributed by atoms with Crippen molar-refractivity contribution in [3.63, 3.8) is 0 Å². The van der Waals surface area contributed by atoms with Crippen molar-refractivity contribution in [2.45, 2.75) is 43.4 Å². The fourth-order valence-electron chi connectivity index (χ4n) is 1.39. The molecule has 0 heterocycles. The lowest BCUT2D eigenvalue weighted by Crippen LogP contribution is -2.17. The van der Waals surface area contributed by atoms with Crippen LogP contribution in [0, 0.1) is 5.82 Å². The third-order valence-electron chi connectivity index (χ3n) is 1.92.